The van der Waals surface area contributed by atoms with E-state index in [2.05, 4.69) is 12.1 Å². The van der Waals surface area contributed by atoms with E-state index in [9.17, 15) is 0 Å². The molecular weight excluding hydrogens is 540 g/mol. The van der Waals surface area contributed by atoms with E-state index in [-0.39, 0.29) is 6.04 Å². The average molecular weight is 573 g/mol. The van der Waals surface area contributed by atoms with Gasteiger partial charge in [-0.2, -0.15) is 5.10 Å². The maximum Gasteiger partial charge on any atom is 0.247 e. The number of methoxy groups -OCH3 is 4. The SMILES string of the molecule is COc1ccc(C2=NN(c3nc(-c4ccc(OC)cc4)cc(-c4ccc(OC)cc4)n3)[C@H](c3ccc(OC)cc3)C2)cc1. The first-order valence-corrected chi connectivity index (χ1v) is 13.9. The molecule has 0 radical (unpaired) electrons. The third-order valence-electron chi connectivity index (χ3n) is 7.53. The molecule has 0 amide bonds. The molecule has 1 aromatic heterocycles. The van der Waals surface area contributed by atoms with Gasteiger partial charge < -0.3 is 18.9 Å². The van der Waals surface area contributed by atoms with Gasteiger partial charge in [-0.1, -0.05) is 12.1 Å². The lowest BCUT2D eigenvalue weighted by atomic mass is 9.98. The van der Waals surface area contributed by atoms with E-state index in [1.165, 1.54) is 0 Å². The van der Waals surface area contributed by atoms with Gasteiger partial charge in [0.2, 0.25) is 5.95 Å². The molecule has 216 valence electrons. The molecule has 0 N–H and O–H groups in total. The van der Waals surface area contributed by atoms with Crippen molar-refractivity contribution in [2.75, 3.05) is 33.4 Å². The molecule has 6 rings (SSSR count). The van der Waals surface area contributed by atoms with Crippen LogP contribution in [0.2, 0.25) is 0 Å². The Morgan fingerprint density at radius 2 is 0.930 bits per heavy atom. The van der Waals surface area contributed by atoms with Gasteiger partial charge in [0, 0.05) is 17.5 Å². The van der Waals surface area contributed by atoms with Crippen molar-refractivity contribution in [1.29, 1.82) is 0 Å². The molecule has 0 saturated heterocycles. The van der Waals surface area contributed by atoms with E-state index in [0.717, 1.165) is 62.4 Å². The zero-order valence-corrected chi connectivity index (χ0v) is 24.5. The number of hydrogen-bond acceptors (Lipinski definition) is 8. The van der Waals surface area contributed by atoms with Crippen LogP contribution in [0.3, 0.4) is 0 Å². The zero-order valence-electron chi connectivity index (χ0n) is 24.5. The normalized spacial score (nSPS) is 14.3. The quantitative estimate of drug-likeness (QED) is 0.185. The van der Waals surface area contributed by atoms with Crippen LogP contribution in [0.4, 0.5) is 5.95 Å². The minimum absolute atomic E-state index is 0.127. The summed E-state index contributed by atoms with van der Waals surface area (Å²) >= 11 is 0. The Morgan fingerprint density at radius 1 is 0.535 bits per heavy atom. The smallest absolute Gasteiger partial charge is 0.247 e. The standard InChI is InChI=1S/C35H32N4O4/c1-40-27-13-5-23(6-14-27)31-21-32(24-7-15-28(41-2)16-8-24)37-35(36-31)39-34(26-11-19-30(43-4)20-12-26)22-33(38-39)25-9-17-29(42-3)18-10-25/h5-21,34H,22H2,1-4H3/t34-/m0/s1. The highest BCUT2D eigenvalue weighted by Gasteiger charge is 2.32. The molecule has 0 bridgehead atoms. The summed E-state index contributed by atoms with van der Waals surface area (Å²) in [6.45, 7) is 0. The number of ether oxygens (including phenoxy) is 4. The molecule has 8 heteroatoms. The van der Waals surface area contributed by atoms with E-state index < -0.39 is 0 Å². The number of nitrogens with zero attached hydrogens (tertiary/aromatic N) is 4. The summed E-state index contributed by atoms with van der Waals surface area (Å²) in [7, 11) is 6.65. The fourth-order valence-electron chi connectivity index (χ4n) is 5.09. The molecule has 0 unspecified atom stereocenters. The molecule has 8 nitrogen and oxygen atoms in total. The number of benzene rings is 4. The van der Waals surface area contributed by atoms with Crippen LogP contribution in [0.15, 0.2) is 108 Å². The van der Waals surface area contributed by atoms with Gasteiger partial charge in [0.25, 0.3) is 0 Å². The Morgan fingerprint density at radius 3 is 1.35 bits per heavy atom. The van der Waals surface area contributed by atoms with Gasteiger partial charge >= 0.3 is 0 Å². The first kappa shape index (κ1) is 27.8. The highest BCUT2D eigenvalue weighted by atomic mass is 16.5. The molecule has 1 aliphatic heterocycles. The molecule has 0 spiro atoms. The van der Waals surface area contributed by atoms with Gasteiger partial charge in [0.1, 0.15) is 23.0 Å². The zero-order chi connectivity index (χ0) is 29.8. The van der Waals surface area contributed by atoms with Crippen molar-refractivity contribution in [1.82, 2.24) is 9.97 Å². The van der Waals surface area contributed by atoms with Crippen molar-refractivity contribution in [3.63, 3.8) is 0 Å². The van der Waals surface area contributed by atoms with E-state index in [4.69, 9.17) is 34.0 Å². The largest absolute Gasteiger partial charge is 0.497 e. The fourth-order valence-corrected chi connectivity index (χ4v) is 5.09. The van der Waals surface area contributed by atoms with Gasteiger partial charge in [-0.15, -0.1) is 0 Å². The van der Waals surface area contributed by atoms with Crippen LogP contribution >= 0.6 is 0 Å². The first-order chi connectivity index (χ1) is 21.1. The predicted molar refractivity (Wildman–Crippen MR) is 168 cm³/mol. The first-order valence-electron chi connectivity index (χ1n) is 13.9. The summed E-state index contributed by atoms with van der Waals surface area (Å²) in [5.41, 5.74) is 6.48. The van der Waals surface area contributed by atoms with Gasteiger partial charge in [-0.3, -0.25) is 0 Å². The molecule has 0 saturated carbocycles. The van der Waals surface area contributed by atoms with Gasteiger partial charge in [0.15, 0.2) is 0 Å². The maximum atomic E-state index is 5.42. The Hall–Kier alpha value is -5.37. The predicted octanol–water partition coefficient (Wildman–Crippen LogP) is 7.20. The topological polar surface area (TPSA) is 78.3 Å². The number of hydrazone groups is 1. The molecule has 43 heavy (non-hydrogen) atoms. The lowest BCUT2D eigenvalue weighted by Gasteiger charge is -2.23. The third-order valence-corrected chi connectivity index (χ3v) is 7.53. The maximum absolute atomic E-state index is 5.42. The summed E-state index contributed by atoms with van der Waals surface area (Å²) in [5.74, 6) is 3.65. The molecule has 4 aromatic carbocycles. The average Bonchev–Trinajstić information content (AvgIpc) is 3.54. The van der Waals surface area contributed by atoms with Crippen LogP contribution in [0.1, 0.15) is 23.6 Å². The van der Waals surface area contributed by atoms with Crippen LogP contribution in [0.25, 0.3) is 22.5 Å². The summed E-state index contributed by atoms with van der Waals surface area (Å²) in [5, 5.41) is 7.05. The second-order valence-corrected chi connectivity index (χ2v) is 10.0. The molecule has 2 heterocycles. The lowest BCUT2D eigenvalue weighted by molar-refractivity contribution is 0.414. The molecule has 0 aliphatic carbocycles. The van der Waals surface area contributed by atoms with E-state index in [1.54, 1.807) is 28.4 Å². The van der Waals surface area contributed by atoms with Gasteiger partial charge in [-0.05, 0) is 102 Å². The van der Waals surface area contributed by atoms with E-state index in [0.29, 0.717) is 12.4 Å². The monoisotopic (exact) mass is 572 g/mol. The van der Waals surface area contributed by atoms with Crippen molar-refractivity contribution in [2.24, 2.45) is 5.10 Å². The van der Waals surface area contributed by atoms with E-state index >= 15 is 0 Å². The van der Waals surface area contributed by atoms with Crippen molar-refractivity contribution >= 4 is 11.7 Å². The number of rotatable bonds is 9. The second-order valence-electron chi connectivity index (χ2n) is 10.0. The van der Waals surface area contributed by atoms with Crippen molar-refractivity contribution < 1.29 is 18.9 Å². The van der Waals surface area contributed by atoms with E-state index in [1.807, 2.05) is 96.0 Å². The van der Waals surface area contributed by atoms with Crippen molar-refractivity contribution in [2.45, 2.75) is 12.5 Å². The minimum atomic E-state index is -0.127. The Kier molecular flexibility index (Phi) is 7.91. The summed E-state index contributed by atoms with van der Waals surface area (Å²) < 4.78 is 21.6. The highest BCUT2D eigenvalue weighted by molar-refractivity contribution is 6.03. The van der Waals surface area contributed by atoms with Crippen LogP contribution in [0, 0.1) is 0 Å². The Balaban J connectivity index is 1.49. The van der Waals surface area contributed by atoms with Gasteiger partial charge in [-0.25, -0.2) is 15.0 Å². The number of aromatic nitrogens is 2. The van der Waals surface area contributed by atoms with Crippen LogP contribution in [-0.4, -0.2) is 44.1 Å². The summed E-state index contributed by atoms with van der Waals surface area (Å²) in [4.78, 5) is 10.1. The second kappa shape index (κ2) is 12.2. The van der Waals surface area contributed by atoms with Crippen LogP contribution < -0.4 is 24.0 Å². The molecule has 0 fully saturated rings. The Labute approximate surface area is 251 Å². The molecular formula is C35H32N4O4. The van der Waals surface area contributed by atoms with Gasteiger partial charge in [0.05, 0.1) is 51.6 Å². The van der Waals surface area contributed by atoms with Crippen LogP contribution in [0.5, 0.6) is 23.0 Å². The molecule has 1 atom stereocenters. The minimum Gasteiger partial charge on any atom is -0.497 e. The molecule has 1 aliphatic rings. The number of hydrogen-bond donors (Lipinski definition) is 0. The van der Waals surface area contributed by atoms with Crippen LogP contribution in [-0.2, 0) is 0 Å². The Bertz CT molecular complexity index is 1650. The lowest BCUT2D eigenvalue weighted by Crippen LogP contribution is -2.21. The van der Waals surface area contributed by atoms with Crippen molar-refractivity contribution in [3.8, 4) is 45.5 Å². The fraction of sp³-hybridized carbons (Fsp3) is 0.171. The molecule has 5 aromatic rings. The third kappa shape index (κ3) is 5.85. The van der Waals surface area contributed by atoms with Crippen molar-refractivity contribution in [3.05, 3.63) is 114 Å². The highest BCUT2D eigenvalue weighted by Crippen LogP contribution is 2.38. The number of anilines is 1. The summed E-state index contributed by atoms with van der Waals surface area (Å²) in [6, 6.07) is 33.6. The summed E-state index contributed by atoms with van der Waals surface area (Å²) in [6.07, 6.45) is 0.673.